The molecule has 0 aliphatic rings. The van der Waals surface area contributed by atoms with Gasteiger partial charge in [-0.3, -0.25) is 0 Å². The predicted molar refractivity (Wildman–Crippen MR) is 50.1 cm³/mol. The quantitative estimate of drug-likeness (QED) is 0.519. The van der Waals surface area contributed by atoms with Gasteiger partial charge >= 0.3 is 5.97 Å². The van der Waals surface area contributed by atoms with Crippen LogP contribution in [0.1, 0.15) is 0 Å². The molecule has 4 nitrogen and oxygen atoms in total. The Labute approximate surface area is 71.2 Å². The minimum atomic E-state index is -0.697. The first kappa shape index (κ1) is 10.9. The predicted octanol–water partition coefficient (Wildman–Crippen LogP) is 1.53. The Bertz CT molecular complexity index is 190. The van der Waals surface area contributed by atoms with Gasteiger partial charge in [0, 0.05) is 0 Å². The van der Waals surface area contributed by atoms with Gasteiger partial charge in [0.2, 0.25) is 12.6 Å². The minimum Gasteiger partial charge on any atom is -0.442 e. The smallest absolute Gasteiger partial charge is 0.341 e. The molecule has 0 aromatic carbocycles. The Morgan fingerprint density at radius 2 is 2.64 bits per heavy atom. The van der Waals surface area contributed by atoms with E-state index in [1.165, 1.54) is 0 Å². The molecule has 7 heteroatoms. The fourth-order valence-electron chi connectivity index (χ4n) is 0.381. The van der Waals surface area contributed by atoms with Crippen LogP contribution < -0.4 is 0 Å². The van der Waals surface area contributed by atoms with E-state index in [2.05, 4.69) is 32.1 Å². The summed E-state index contributed by atoms with van der Waals surface area (Å²) in [6.45, 7) is 6.52. The first-order chi connectivity index (χ1) is 5.26. The van der Waals surface area contributed by atoms with Gasteiger partial charge < -0.3 is 9.37 Å². The van der Waals surface area contributed by atoms with Crippen molar-refractivity contribution in [2.75, 3.05) is 6.54 Å². The van der Waals surface area contributed by atoms with Gasteiger partial charge in [0.25, 0.3) is 0 Å². The fraction of sp³-hybridized carbons (Fsp3) is 0.500. The highest BCUT2D eigenvalue weighted by molar-refractivity contribution is 8.00. The molecule has 0 amide bonds. The maximum atomic E-state index is 10.9. The van der Waals surface area contributed by atoms with E-state index in [4.69, 9.17) is 6.57 Å². The standard InChI is InChI=1S/C4H7N2O2P3/c1-5-2-3(6-9)4(7)8-11-10/h3,9,11H,2,10H2. The molecule has 0 aliphatic carbocycles. The van der Waals surface area contributed by atoms with E-state index < -0.39 is 12.0 Å². The van der Waals surface area contributed by atoms with Gasteiger partial charge in [-0.15, -0.1) is 0 Å². The molecule has 0 bridgehead atoms. The number of rotatable bonds is 4. The molecule has 0 N–H and O–H groups in total. The van der Waals surface area contributed by atoms with Crippen LogP contribution in [0.5, 0.6) is 0 Å². The van der Waals surface area contributed by atoms with Gasteiger partial charge in [0.05, 0.1) is 8.50 Å². The summed E-state index contributed by atoms with van der Waals surface area (Å²) in [5.41, 5.74) is 0. The molecule has 0 saturated carbocycles. The van der Waals surface area contributed by atoms with Crippen LogP contribution in [0.4, 0.5) is 0 Å². The second kappa shape index (κ2) is 6.62. The normalized spacial score (nSPS) is 12.4. The molecule has 0 saturated heterocycles. The van der Waals surface area contributed by atoms with Crippen LogP contribution in [-0.2, 0) is 9.32 Å². The Morgan fingerprint density at radius 1 is 2.00 bits per heavy atom. The summed E-state index contributed by atoms with van der Waals surface area (Å²) in [7, 11) is 5.11. The molecule has 0 rings (SSSR count). The van der Waals surface area contributed by atoms with Gasteiger partial charge in [-0.05, 0) is 9.03 Å². The zero-order chi connectivity index (χ0) is 8.69. The van der Waals surface area contributed by atoms with Crippen molar-refractivity contribution in [3.05, 3.63) is 11.4 Å². The third-order valence-electron chi connectivity index (χ3n) is 0.852. The molecule has 60 valence electrons. The third kappa shape index (κ3) is 4.38. The Hall–Kier alpha value is -0.0800. The second-order valence-electron chi connectivity index (χ2n) is 1.52. The Balaban J connectivity index is 3.94. The molecular formula is C4H7N2O2P3. The average molecular weight is 208 g/mol. The van der Waals surface area contributed by atoms with E-state index in [0.717, 1.165) is 0 Å². The maximum absolute atomic E-state index is 10.9. The highest BCUT2D eigenvalue weighted by Crippen LogP contribution is 2.22. The van der Waals surface area contributed by atoms with Crippen molar-refractivity contribution < 1.29 is 9.32 Å². The summed E-state index contributed by atoms with van der Waals surface area (Å²) in [4.78, 5) is 13.9. The van der Waals surface area contributed by atoms with E-state index in [0.29, 0.717) is 0 Å². The molecular weight excluding hydrogens is 201 g/mol. The summed E-state index contributed by atoms with van der Waals surface area (Å²) < 4.78 is 8.14. The van der Waals surface area contributed by atoms with Crippen LogP contribution in [0.3, 0.4) is 0 Å². The summed E-state index contributed by atoms with van der Waals surface area (Å²) >= 11 is 0. The van der Waals surface area contributed by atoms with Crippen molar-refractivity contribution in [2.45, 2.75) is 6.04 Å². The number of nitrogens with zero attached hydrogens (tertiary/aromatic N) is 2. The molecule has 0 radical (unpaired) electrons. The average Bonchev–Trinajstić information content (AvgIpc) is 2.00. The Morgan fingerprint density at radius 3 is 3.00 bits per heavy atom. The van der Waals surface area contributed by atoms with Crippen molar-refractivity contribution in [1.29, 1.82) is 0 Å². The molecule has 0 aromatic rings. The maximum Gasteiger partial charge on any atom is 0.341 e. The Kier molecular flexibility index (Phi) is 6.57. The van der Waals surface area contributed by atoms with Gasteiger partial charge in [-0.1, -0.05) is 8.93 Å². The second-order valence-corrected chi connectivity index (χ2v) is 2.93. The number of hydrogen-bond donors (Lipinski definition) is 0. The highest BCUT2D eigenvalue weighted by atomic mass is 32.0. The van der Waals surface area contributed by atoms with Crippen molar-refractivity contribution in [3.63, 3.8) is 0 Å². The van der Waals surface area contributed by atoms with Crippen LogP contribution in [0, 0.1) is 6.57 Å². The van der Waals surface area contributed by atoms with Crippen molar-refractivity contribution in [3.8, 4) is 0 Å². The molecule has 3 unspecified atom stereocenters. The lowest BCUT2D eigenvalue weighted by Crippen LogP contribution is -2.20. The first-order valence-corrected chi connectivity index (χ1v) is 5.78. The lowest BCUT2D eigenvalue weighted by Gasteiger charge is -2.02. The number of carbonyl (C=O) groups is 1. The van der Waals surface area contributed by atoms with Gasteiger partial charge in [-0.25, -0.2) is 16.1 Å². The van der Waals surface area contributed by atoms with Crippen LogP contribution in [0.2, 0.25) is 0 Å². The number of carbonyl (C=O) groups excluding carboxylic acids is 1. The summed E-state index contributed by atoms with van der Waals surface area (Å²) in [6, 6.07) is -0.697. The van der Waals surface area contributed by atoms with E-state index in [1.54, 1.807) is 0 Å². The lowest BCUT2D eigenvalue weighted by molar-refractivity contribution is -0.134. The lowest BCUT2D eigenvalue weighted by atomic mass is 10.3. The van der Waals surface area contributed by atoms with Gasteiger partial charge in [-0.2, -0.15) is 0 Å². The van der Waals surface area contributed by atoms with Crippen LogP contribution >= 0.6 is 26.5 Å². The third-order valence-corrected chi connectivity index (χ3v) is 1.84. The summed E-state index contributed by atoms with van der Waals surface area (Å²) in [6.07, 6.45) is 0. The van der Waals surface area contributed by atoms with Crippen molar-refractivity contribution in [2.24, 2.45) is 4.74 Å². The topological polar surface area (TPSA) is 43.0 Å². The summed E-state index contributed by atoms with van der Waals surface area (Å²) in [5, 5.41) is 0. The van der Waals surface area contributed by atoms with Crippen LogP contribution in [-0.4, -0.2) is 18.6 Å². The highest BCUT2D eigenvalue weighted by Gasteiger charge is 2.20. The van der Waals surface area contributed by atoms with Crippen molar-refractivity contribution >= 4 is 32.4 Å². The van der Waals surface area contributed by atoms with Gasteiger partial charge in [0.15, 0.2) is 0 Å². The van der Waals surface area contributed by atoms with Crippen LogP contribution in [0.15, 0.2) is 4.74 Å². The fourth-order valence-corrected chi connectivity index (χ4v) is 1.17. The molecule has 0 aliphatic heterocycles. The zero-order valence-corrected chi connectivity index (χ0v) is 8.73. The van der Waals surface area contributed by atoms with E-state index in [1.807, 2.05) is 0 Å². The van der Waals surface area contributed by atoms with Crippen molar-refractivity contribution in [1.82, 2.24) is 0 Å². The number of hydrogen-bond acceptors (Lipinski definition) is 3. The molecule has 0 heterocycles. The largest absolute Gasteiger partial charge is 0.442 e. The monoisotopic (exact) mass is 208 g/mol. The van der Waals surface area contributed by atoms with Crippen LogP contribution in [0.25, 0.3) is 4.85 Å². The van der Waals surface area contributed by atoms with E-state index >= 15 is 0 Å². The van der Waals surface area contributed by atoms with E-state index in [-0.39, 0.29) is 15.0 Å². The molecule has 0 aromatic heterocycles. The molecule has 3 atom stereocenters. The van der Waals surface area contributed by atoms with E-state index in [9.17, 15) is 4.79 Å². The SMILES string of the molecule is [C-]#[N+]CC(N=P)C(=O)OPP. The van der Waals surface area contributed by atoms with Gasteiger partial charge in [0.1, 0.15) is 0 Å². The molecule has 11 heavy (non-hydrogen) atoms. The molecule has 0 fully saturated rings. The minimum absolute atomic E-state index is 0.0210. The summed E-state index contributed by atoms with van der Waals surface area (Å²) in [5.74, 6) is -0.468. The zero-order valence-electron chi connectivity index (χ0n) is 5.57. The molecule has 0 spiro atoms. The first-order valence-electron chi connectivity index (χ1n) is 2.62.